The lowest BCUT2D eigenvalue weighted by molar-refractivity contribution is -0.147. The summed E-state index contributed by atoms with van der Waals surface area (Å²) in [6.45, 7) is 5.74. The molecule has 2 bridgehead atoms. The Bertz CT molecular complexity index is 814. The lowest BCUT2D eigenvalue weighted by atomic mass is 9.70. The summed E-state index contributed by atoms with van der Waals surface area (Å²) in [5.41, 5.74) is -1.94. The molecule has 3 heterocycles. The maximum Gasteiger partial charge on any atom is 0.246 e. The predicted octanol–water partition coefficient (Wildman–Crippen LogP) is 2.05. The molecule has 0 radical (unpaired) electrons. The van der Waals surface area contributed by atoms with Crippen LogP contribution in [0.15, 0.2) is 12.2 Å². The Morgan fingerprint density at radius 2 is 1.55 bits per heavy atom. The first-order valence-electron chi connectivity index (χ1n) is 12.1. The van der Waals surface area contributed by atoms with Gasteiger partial charge >= 0.3 is 0 Å². The van der Waals surface area contributed by atoms with Gasteiger partial charge in [-0.1, -0.05) is 37.8 Å². The van der Waals surface area contributed by atoms with E-state index >= 15 is 0 Å². The molecule has 0 unspecified atom stereocenters. The first kappa shape index (κ1) is 21.0. The van der Waals surface area contributed by atoms with E-state index < -0.39 is 29.1 Å². The van der Waals surface area contributed by atoms with E-state index in [1.54, 1.807) is 4.90 Å². The second-order valence-electron chi connectivity index (χ2n) is 10.6. The molecule has 2 saturated carbocycles. The monoisotopic (exact) mass is 429 g/mol. The molecule has 2 N–H and O–H groups in total. The summed E-state index contributed by atoms with van der Waals surface area (Å²) in [4.78, 5) is 42.3. The van der Waals surface area contributed by atoms with Crippen molar-refractivity contribution in [1.29, 1.82) is 0 Å². The van der Waals surface area contributed by atoms with Crippen molar-refractivity contribution < 1.29 is 19.1 Å². The van der Waals surface area contributed by atoms with E-state index in [1.165, 1.54) is 0 Å². The summed E-state index contributed by atoms with van der Waals surface area (Å²) in [6.07, 6.45) is 12.2. The molecule has 7 nitrogen and oxygen atoms in total. The van der Waals surface area contributed by atoms with Crippen molar-refractivity contribution >= 4 is 17.7 Å². The van der Waals surface area contributed by atoms with Crippen LogP contribution in [0.2, 0.25) is 0 Å². The molecule has 2 aliphatic carbocycles. The number of rotatable bonds is 5. The van der Waals surface area contributed by atoms with Crippen LogP contribution in [0.3, 0.4) is 0 Å². The zero-order valence-electron chi connectivity index (χ0n) is 18.9. The van der Waals surface area contributed by atoms with Crippen LogP contribution in [-0.2, 0) is 19.1 Å². The largest absolute Gasteiger partial charge is 0.356 e. The first-order chi connectivity index (χ1) is 14.8. The molecule has 5 atom stereocenters. The Hall–Kier alpha value is -1.89. The topological polar surface area (TPSA) is 87.7 Å². The number of nitrogens with one attached hydrogen (secondary N) is 2. The zero-order chi connectivity index (χ0) is 22.0. The molecule has 2 saturated heterocycles. The molecule has 0 aromatic carbocycles. The number of hydrogen-bond donors (Lipinski definition) is 2. The highest BCUT2D eigenvalue weighted by Gasteiger charge is 2.76. The molecule has 170 valence electrons. The molecular weight excluding hydrogens is 394 g/mol. The van der Waals surface area contributed by atoms with E-state index in [9.17, 15) is 14.4 Å². The fourth-order valence-corrected chi connectivity index (χ4v) is 6.84. The van der Waals surface area contributed by atoms with Gasteiger partial charge < -0.3 is 20.3 Å². The molecule has 3 amide bonds. The van der Waals surface area contributed by atoms with Crippen molar-refractivity contribution in [2.75, 3.05) is 0 Å². The molecule has 7 heteroatoms. The minimum Gasteiger partial charge on any atom is -0.356 e. The van der Waals surface area contributed by atoms with Crippen molar-refractivity contribution in [3.05, 3.63) is 12.2 Å². The quantitative estimate of drug-likeness (QED) is 0.655. The van der Waals surface area contributed by atoms with Gasteiger partial charge in [-0.05, 0) is 46.5 Å². The van der Waals surface area contributed by atoms with Crippen molar-refractivity contribution in [2.45, 2.75) is 108 Å². The van der Waals surface area contributed by atoms with Gasteiger partial charge in [0.15, 0.2) is 0 Å². The molecule has 4 fully saturated rings. The van der Waals surface area contributed by atoms with Gasteiger partial charge in [0.05, 0.1) is 17.4 Å². The minimum absolute atomic E-state index is 0.112. The third kappa shape index (κ3) is 3.06. The van der Waals surface area contributed by atoms with Crippen LogP contribution >= 0.6 is 0 Å². The molecule has 5 rings (SSSR count). The summed E-state index contributed by atoms with van der Waals surface area (Å²) in [5, 5.41) is 6.37. The third-order valence-corrected chi connectivity index (χ3v) is 8.22. The summed E-state index contributed by atoms with van der Waals surface area (Å²) >= 11 is 0. The first-order valence-corrected chi connectivity index (χ1v) is 12.1. The molecule has 1 spiro atoms. The highest BCUT2D eigenvalue weighted by molar-refractivity contribution is 6.00. The van der Waals surface area contributed by atoms with E-state index in [4.69, 9.17) is 4.74 Å². The maximum atomic E-state index is 13.7. The fourth-order valence-electron chi connectivity index (χ4n) is 6.84. The lowest BCUT2D eigenvalue weighted by Crippen LogP contribution is -2.57. The van der Waals surface area contributed by atoms with E-state index in [1.807, 2.05) is 32.9 Å². The van der Waals surface area contributed by atoms with Crippen molar-refractivity contribution in [3.63, 3.8) is 0 Å². The summed E-state index contributed by atoms with van der Waals surface area (Å²) in [7, 11) is 0. The number of fused-ring (bicyclic) bond motifs is 1. The Morgan fingerprint density at radius 3 is 2.10 bits per heavy atom. The SMILES string of the molecule is CC(C)N1C(=O)[C@@H]2[C@H](C(=O)NC3CCCC3)[C@@]3(C)C=C[C@@]2(O3)[C@H]1C(=O)NC1CCCC1. The smallest absolute Gasteiger partial charge is 0.246 e. The van der Waals surface area contributed by atoms with E-state index in [-0.39, 0.29) is 35.8 Å². The van der Waals surface area contributed by atoms with Crippen LogP contribution in [0.1, 0.15) is 72.1 Å². The fraction of sp³-hybridized carbons (Fsp3) is 0.792. The Balaban J connectivity index is 1.47. The van der Waals surface area contributed by atoms with Crippen molar-refractivity contribution in [1.82, 2.24) is 15.5 Å². The average molecular weight is 430 g/mol. The second kappa shape index (κ2) is 7.32. The van der Waals surface area contributed by atoms with E-state index in [0.29, 0.717) is 0 Å². The summed E-state index contributed by atoms with van der Waals surface area (Å²) < 4.78 is 6.52. The predicted molar refractivity (Wildman–Crippen MR) is 115 cm³/mol. The van der Waals surface area contributed by atoms with Crippen molar-refractivity contribution in [2.24, 2.45) is 11.8 Å². The molecule has 0 aromatic rings. The number of nitrogens with zero attached hydrogens (tertiary/aromatic N) is 1. The minimum atomic E-state index is -1.07. The van der Waals surface area contributed by atoms with Gasteiger partial charge in [-0.2, -0.15) is 0 Å². The standard InChI is InChI=1S/C24H35N3O4/c1-14(2)27-19(21(29)26-16-10-6-7-11-16)24-13-12-23(3,31-24)17(18(24)22(27)30)20(28)25-15-8-4-5-9-15/h12-19H,4-11H2,1-3H3,(H,25,28)(H,26,29)/t17-,18+,19-,23-,24+/m1/s1. The van der Waals surface area contributed by atoms with Crippen LogP contribution in [0.4, 0.5) is 0 Å². The number of likely N-dealkylation sites (tertiary alicyclic amines) is 1. The number of carbonyl (C=O) groups is 3. The summed E-state index contributed by atoms with van der Waals surface area (Å²) in [6, 6.07) is -0.567. The van der Waals surface area contributed by atoms with Gasteiger partial charge in [-0.3, -0.25) is 14.4 Å². The number of carbonyl (C=O) groups excluding carboxylic acids is 3. The molecule has 31 heavy (non-hydrogen) atoms. The molecule has 0 aromatic heterocycles. The lowest BCUT2D eigenvalue weighted by Gasteiger charge is -2.35. The molecule has 5 aliphatic rings. The normalized spacial score (nSPS) is 39.7. The average Bonchev–Trinajstić information content (AvgIpc) is 3.49. The second-order valence-corrected chi connectivity index (χ2v) is 10.6. The summed E-state index contributed by atoms with van der Waals surface area (Å²) in [5.74, 6) is -1.68. The zero-order valence-corrected chi connectivity index (χ0v) is 18.9. The van der Waals surface area contributed by atoms with Gasteiger partial charge in [0, 0.05) is 18.1 Å². The molecular formula is C24H35N3O4. The van der Waals surface area contributed by atoms with Gasteiger partial charge in [0.2, 0.25) is 17.7 Å². The highest BCUT2D eigenvalue weighted by atomic mass is 16.5. The van der Waals surface area contributed by atoms with Gasteiger partial charge in [0.25, 0.3) is 0 Å². The Morgan fingerprint density at radius 1 is 1.00 bits per heavy atom. The number of amides is 3. The van der Waals surface area contributed by atoms with Crippen molar-refractivity contribution in [3.8, 4) is 0 Å². The van der Waals surface area contributed by atoms with Gasteiger partial charge in [-0.25, -0.2) is 0 Å². The maximum absolute atomic E-state index is 13.7. The van der Waals surface area contributed by atoms with E-state index in [0.717, 1.165) is 51.4 Å². The van der Waals surface area contributed by atoms with Crippen LogP contribution in [-0.4, -0.2) is 58.0 Å². The van der Waals surface area contributed by atoms with Crippen LogP contribution in [0, 0.1) is 11.8 Å². The number of hydrogen-bond acceptors (Lipinski definition) is 4. The van der Waals surface area contributed by atoms with E-state index in [2.05, 4.69) is 10.6 Å². The Kier molecular flexibility index (Phi) is 4.96. The van der Waals surface area contributed by atoms with Crippen LogP contribution < -0.4 is 10.6 Å². The number of ether oxygens (including phenoxy) is 1. The third-order valence-electron chi connectivity index (χ3n) is 8.22. The highest BCUT2D eigenvalue weighted by Crippen LogP contribution is 2.60. The van der Waals surface area contributed by atoms with Gasteiger partial charge in [0.1, 0.15) is 11.6 Å². The van der Waals surface area contributed by atoms with Crippen LogP contribution in [0.5, 0.6) is 0 Å². The molecule has 3 aliphatic heterocycles. The van der Waals surface area contributed by atoms with Crippen LogP contribution in [0.25, 0.3) is 0 Å². The Labute approximate surface area is 184 Å². The van der Waals surface area contributed by atoms with Gasteiger partial charge in [-0.15, -0.1) is 0 Å².